The Bertz CT molecular complexity index is 691. The molecular formula is C13H10Br2ClN3. The van der Waals surface area contributed by atoms with Gasteiger partial charge < -0.3 is 5.73 Å². The Balaban J connectivity index is 2.85. The second kappa shape index (κ2) is 5.20. The van der Waals surface area contributed by atoms with Gasteiger partial charge in [0.2, 0.25) is 0 Å². The maximum atomic E-state index is 9.17. The Morgan fingerprint density at radius 1 is 1.32 bits per heavy atom. The van der Waals surface area contributed by atoms with Crippen LogP contribution in [0.3, 0.4) is 0 Å². The average Bonchev–Trinajstić information content (AvgIpc) is 2.52. The number of halogens is 3. The summed E-state index contributed by atoms with van der Waals surface area (Å²) in [5.41, 5.74) is 9.07. The number of nitrogens with zero attached hydrogens (tertiary/aromatic N) is 2. The normalized spacial score (nSPS) is 10.5. The van der Waals surface area contributed by atoms with E-state index in [-0.39, 0.29) is 0 Å². The summed E-state index contributed by atoms with van der Waals surface area (Å²) in [5, 5.41) is 9.72. The highest BCUT2D eigenvalue weighted by Crippen LogP contribution is 2.37. The van der Waals surface area contributed by atoms with Crippen molar-refractivity contribution in [3.63, 3.8) is 0 Å². The highest BCUT2D eigenvalue weighted by molar-refractivity contribution is 9.11. The molecule has 6 heteroatoms. The van der Waals surface area contributed by atoms with Crippen LogP contribution in [-0.2, 0) is 0 Å². The Labute approximate surface area is 133 Å². The topological polar surface area (TPSA) is 54.7 Å². The quantitative estimate of drug-likeness (QED) is 0.749. The zero-order valence-electron chi connectivity index (χ0n) is 10.3. The lowest BCUT2D eigenvalue weighted by Crippen LogP contribution is -2.04. The number of nitrogen functional groups attached to an aromatic ring is 1. The first kappa shape index (κ1) is 14.4. The van der Waals surface area contributed by atoms with Crippen LogP contribution in [0.4, 0.5) is 5.82 Å². The number of nitrogens with two attached hydrogens (primary N) is 1. The zero-order chi connectivity index (χ0) is 14.3. The first-order chi connectivity index (χ1) is 8.88. The van der Waals surface area contributed by atoms with Crippen molar-refractivity contribution >= 4 is 49.3 Å². The number of benzene rings is 1. The number of aromatic nitrogens is 1. The minimum absolute atomic E-state index is 0.405. The van der Waals surface area contributed by atoms with E-state index in [0.29, 0.717) is 16.4 Å². The lowest BCUT2D eigenvalue weighted by atomic mass is 10.2. The van der Waals surface area contributed by atoms with Gasteiger partial charge in [0, 0.05) is 14.6 Å². The van der Waals surface area contributed by atoms with Crippen LogP contribution in [0.5, 0.6) is 0 Å². The maximum absolute atomic E-state index is 9.17. The van der Waals surface area contributed by atoms with Crippen LogP contribution in [0, 0.1) is 25.2 Å². The minimum atomic E-state index is 0.405. The lowest BCUT2D eigenvalue weighted by molar-refractivity contribution is 1.01. The second-order valence-electron chi connectivity index (χ2n) is 4.14. The van der Waals surface area contributed by atoms with E-state index in [0.717, 1.165) is 25.9 Å². The predicted molar refractivity (Wildman–Crippen MR) is 84.8 cm³/mol. The summed E-state index contributed by atoms with van der Waals surface area (Å²) >= 11 is 13.2. The summed E-state index contributed by atoms with van der Waals surface area (Å²) in [6.45, 7) is 3.79. The Morgan fingerprint density at radius 3 is 2.42 bits per heavy atom. The van der Waals surface area contributed by atoms with Gasteiger partial charge in [0.1, 0.15) is 11.9 Å². The Kier molecular flexibility index (Phi) is 3.95. The minimum Gasteiger partial charge on any atom is -0.384 e. The van der Waals surface area contributed by atoms with Gasteiger partial charge in [0.15, 0.2) is 0 Å². The number of nitriles is 1. The molecule has 0 unspecified atom stereocenters. The van der Waals surface area contributed by atoms with Crippen molar-refractivity contribution in [3.8, 4) is 11.8 Å². The van der Waals surface area contributed by atoms with Gasteiger partial charge in [-0.25, -0.2) is 0 Å². The van der Waals surface area contributed by atoms with Crippen LogP contribution in [-0.4, -0.2) is 4.57 Å². The van der Waals surface area contributed by atoms with E-state index in [2.05, 4.69) is 37.9 Å². The molecule has 0 bridgehead atoms. The van der Waals surface area contributed by atoms with Crippen molar-refractivity contribution in [1.82, 2.24) is 4.57 Å². The molecule has 0 saturated carbocycles. The van der Waals surface area contributed by atoms with Gasteiger partial charge in [-0.1, -0.05) is 27.5 Å². The van der Waals surface area contributed by atoms with Gasteiger partial charge in [0.05, 0.1) is 16.3 Å². The molecule has 2 rings (SSSR count). The standard InChI is InChI=1S/C13H10Br2ClN3/c1-6-7(2)19(13(18)9(6)5-17)12-10(15)3-8(14)4-11(12)16/h3-4H,18H2,1-2H3. The Hall–Kier alpha value is -0.960. The summed E-state index contributed by atoms with van der Waals surface area (Å²) in [6.07, 6.45) is 0. The van der Waals surface area contributed by atoms with Gasteiger partial charge in [-0.2, -0.15) is 5.26 Å². The smallest absolute Gasteiger partial charge is 0.126 e. The third-order valence-electron chi connectivity index (χ3n) is 3.07. The van der Waals surface area contributed by atoms with Crippen LogP contribution in [0.15, 0.2) is 21.1 Å². The average molecular weight is 404 g/mol. The molecule has 0 radical (unpaired) electrons. The molecule has 3 nitrogen and oxygen atoms in total. The summed E-state index contributed by atoms with van der Waals surface area (Å²) in [5.74, 6) is 0.405. The molecule has 2 aromatic rings. The monoisotopic (exact) mass is 401 g/mol. The molecule has 1 aromatic heterocycles. The molecule has 0 atom stereocenters. The molecule has 98 valence electrons. The SMILES string of the molecule is Cc1c(C#N)c(N)n(-c2c(Cl)cc(Br)cc2Br)c1C. The fourth-order valence-electron chi connectivity index (χ4n) is 2.01. The number of hydrogen-bond acceptors (Lipinski definition) is 2. The van der Waals surface area contributed by atoms with Crippen molar-refractivity contribution in [3.05, 3.63) is 42.9 Å². The molecule has 0 fully saturated rings. The van der Waals surface area contributed by atoms with Gasteiger partial charge in [-0.3, -0.25) is 4.57 Å². The molecule has 1 aromatic carbocycles. The van der Waals surface area contributed by atoms with Crippen molar-refractivity contribution in [2.75, 3.05) is 5.73 Å². The molecule has 0 spiro atoms. The fourth-order valence-corrected chi connectivity index (χ4v) is 3.96. The summed E-state index contributed by atoms with van der Waals surface area (Å²) < 4.78 is 3.47. The summed E-state index contributed by atoms with van der Waals surface area (Å²) in [6, 6.07) is 5.82. The van der Waals surface area contributed by atoms with E-state index < -0.39 is 0 Å². The third kappa shape index (κ3) is 2.29. The zero-order valence-corrected chi connectivity index (χ0v) is 14.2. The van der Waals surface area contributed by atoms with Gasteiger partial charge in [-0.15, -0.1) is 0 Å². The number of anilines is 1. The van der Waals surface area contributed by atoms with E-state index in [1.165, 1.54) is 0 Å². The lowest BCUT2D eigenvalue weighted by Gasteiger charge is -2.14. The molecular weight excluding hydrogens is 393 g/mol. The van der Waals surface area contributed by atoms with E-state index in [1.54, 1.807) is 10.6 Å². The molecule has 0 aliphatic rings. The molecule has 1 heterocycles. The molecule has 0 aliphatic heterocycles. The van der Waals surface area contributed by atoms with Crippen LogP contribution in [0.1, 0.15) is 16.8 Å². The number of rotatable bonds is 1. The highest BCUT2D eigenvalue weighted by Gasteiger charge is 2.20. The van der Waals surface area contributed by atoms with Gasteiger partial charge in [-0.05, 0) is 47.5 Å². The largest absolute Gasteiger partial charge is 0.384 e. The summed E-state index contributed by atoms with van der Waals surface area (Å²) in [4.78, 5) is 0. The first-order valence-electron chi connectivity index (χ1n) is 5.40. The van der Waals surface area contributed by atoms with Crippen molar-refractivity contribution in [1.29, 1.82) is 5.26 Å². The highest BCUT2D eigenvalue weighted by atomic mass is 79.9. The van der Waals surface area contributed by atoms with E-state index in [4.69, 9.17) is 17.3 Å². The van der Waals surface area contributed by atoms with Crippen molar-refractivity contribution < 1.29 is 0 Å². The van der Waals surface area contributed by atoms with E-state index in [9.17, 15) is 5.26 Å². The van der Waals surface area contributed by atoms with E-state index >= 15 is 0 Å². The molecule has 0 amide bonds. The van der Waals surface area contributed by atoms with Crippen molar-refractivity contribution in [2.24, 2.45) is 0 Å². The maximum Gasteiger partial charge on any atom is 0.126 e. The van der Waals surface area contributed by atoms with Crippen molar-refractivity contribution in [2.45, 2.75) is 13.8 Å². The van der Waals surface area contributed by atoms with Gasteiger partial charge >= 0.3 is 0 Å². The summed E-state index contributed by atoms with van der Waals surface area (Å²) in [7, 11) is 0. The molecule has 19 heavy (non-hydrogen) atoms. The van der Waals surface area contributed by atoms with Crippen LogP contribution in [0.2, 0.25) is 5.02 Å². The number of hydrogen-bond donors (Lipinski definition) is 1. The predicted octanol–water partition coefficient (Wildman–Crippen LogP) is 4.73. The molecule has 0 saturated heterocycles. The molecule has 0 aliphatic carbocycles. The second-order valence-corrected chi connectivity index (χ2v) is 6.31. The van der Waals surface area contributed by atoms with Crippen LogP contribution < -0.4 is 5.73 Å². The molecule has 2 N–H and O–H groups in total. The van der Waals surface area contributed by atoms with Crippen LogP contribution in [0.25, 0.3) is 5.69 Å². The first-order valence-corrected chi connectivity index (χ1v) is 7.37. The van der Waals surface area contributed by atoms with E-state index in [1.807, 2.05) is 19.9 Å². The fraction of sp³-hybridized carbons (Fsp3) is 0.154. The third-order valence-corrected chi connectivity index (χ3v) is 4.42. The van der Waals surface area contributed by atoms with Gasteiger partial charge in [0.25, 0.3) is 0 Å². The van der Waals surface area contributed by atoms with Crippen LogP contribution >= 0.6 is 43.5 Å². The Morgan fingerprint density at radius 2 is 1.95 bits per heavy atom.